The number of anilines is 1. The smallest absolute Gasteiger partial charge is 0.152 e. The summed E-state index contributed by atoms with van der Waals surface area (Å²) in [6.45, 7) is 4.56. The average Bonchev–Trinajstić information content (AvgIpc) is 2.36. The van der Waals surface area contributed by atoms with Crippen LogP contribution in [-0.2, 0) is 0 Å². The van der Waals surface area contributed by atoms with Gasteiger partial charge in [0.1, 0.15) is 0 Å². The van der Waals surface area contributed by atoms with Crippen molar-refractivity contribution < 1.29 is 5.11 Å². The number of nitrogens with one attached hydrogen (secondary N) is 1. The molecule has 0 bridgehead atoms. The minimum absolute atomic E-state index is 0.0436. The number of rotatable bonds is 3. The van der Waals surface area contributed by atoms with Crippen LogP contribution in [0.5, 0.6) is 5.75 Å². The second-order valence-electron chi connectivity index (χ2n) is 5.73. The molecule has 0 saturated heterocycles. The molecular formula is C15H21Cl2NO. The van der Waals surface area contributed by atoms with Gasteiger partial charge in [0, 0.05) is 11.7 Å². The van der Waals surface area contributed by atoms with Crippen LogP contribution in [0.25, 0.3) is 0 Å². The Bertz CT molecular complexity index is 425. The van der Waals surface area contributed by atoms with Gasteiger partial charge in [0.25, 0.3) is 0 Å². The zero-order chi connectivity index (χ0) is 14.0. The maximum Gasteiger partial charge on any atom is 0.152 e. The van der Waals surface area contributed by atoms with E-state index in [1.54, 1.807) is 12.1 Å². The molecule has 0 aromatic heterocycles. The molecule has 0 amide bonds. The highest BCUT2D eigenvalue weighted by Crippen LogP contribution is 2.37. The van der Waals surface area contributed by atoms with Crippen molar-refractivity contribution >= 4 is 28.9 Å². The van der Waals surface area contributed by atoms with Crippen LogP contribution < -0.4 is 5.32 Å². The quantitative estimate of drug-likeness (QED) is 0.740. The van der Waals surface area contributed by atoms with E-state index in [-0.39, 0.29) is 5.75 Å². The summed E-state index contributed by atoms with van der Waals surface area (Å²) in [5.41, 5.74) is 0.894. The van der Waals surface area contributed by atoms with E-state index in [2.05, 4.69) is 19.2 Å². The fraction of sp³-hybridized carbons (Fsp3) is 0.600. The number of hydrogen-bond acceptors (Lipinski definition) is 2. The second-order valence-corrected chi connectivity index (χ2v) is 6.55. The third-order valence-electron chi connectivity index (χ3n) is 4.04. The largest absolute Gasteiger partial charge is 0.505 e. The lowest BCUT2D eigenvalue weighted by atomic mass is 9.78. The van der Waals surface area contributed by atoms with Gasteiger partial charge >= 0.3 is 0 Å². The summed E-state index contributed by atoms with van der Waals surface area (Å²) < 4.78 is 0. The summed E-state index contributed by atoms with van der Waals surface area (Å²) in [5.74, 6) is 1.30. The summed E-state index contributed by atoms with van der Waals surface area (Å²) in [6, 6.07) is 3.95. The molecule has 1 aromatic rings. The van der Waals surface area contributed by atoms with E-state index in [4.69, 9.17) is 23.2 Å². The van der Waals surface area contributed by atoms with Gasteiger partial charge in [0.2, 0.25) is 0 Å². The lowest BCUT2D eigenvalue weighted by Crippen LogP contribution is -2.35. The monoisotopic (exact) mass is 301 g/mol. The van der Waals surface area contributed by atoms with Crippen LogP contribution in [0.15, 0.2) is 12.1 Å². The van der Waals surface area contributed by atoms with Crippen LogP contribution >= 0.6 is 23.2 Å². The molecule has 2 unspecified atom stereocenters. The minimum atomic E-state index is -0.0436. The molecule has 0 radical (unpaired) electrons. The van der Waals surface area contributed by atoms with Gasteiger partial charge in [0.15, 0.2) is 5.75 Å². The van der Waals surface area contributed by atoms with Crippen LogP contribution in [0, 0.1) is 11.8 Å². The molecule has 106 valence electrons. The van der Waals surface area contributed by atoms with Gasteiger partial charge in [-0.25, -0.2) is 0 Å². The van der Waals surface area contributed by atoms with E-state index in [9.17, 15) is 5.11 Å². The highest BCUT2D eigenvalue weighted by molar-refractivity contribution is 6.37. The molecule has 2 rings (SSSR count). The van der Waals surface area contributed by atoms with E-state index in [0.717, 1.165) is 5.69 Å². The average molecular weight is 302 g/mol. The molecule has 1 aromatic carbocycles. The van der Waals surface area contributed by atoms with Crippen LogP contribution in [0.2, 0.25) is 10.0 Å². The molecule has 1 aliphatic rings. The highest BCUT2D eigenvalue weighted by Gasteiger charge is 2.27. The second kappa shape index (κ2) is 6.23. The number of benzene rings is 1. The van der Waals surface area contributed by atoms with Crippen molar-refractivity contribution in [1.82, 2.24) is 0 Å². The maximum absolute atomic E-state index is 9.59. The third-order valence-corrected chi connectivity index (χ3v) is 4.62. The van der Waals surface area contributed by atoms with Gasteiger partial charge in [-0.15, -0.1) is 0 Å². The topological polar surface area (TPSA) is 32.3 Å². The lowest BCUT2D eigenvalue weighted by molar-refractivity contribution is 0.254. The first kappa shape index (κ1) is 14.8. The van der Waals surface area contributed by atoms with Gasteiger partial charge in [-0.2, -0.15) is 0 Å². The zero-order valence-electron chi connectivity index (χ0n) is 11.4. The highest BCUT2D eigenvalue weighted by atomic mass is 35.5. The molecule has 1 fully saturated rings. The summed E-state index contributed by atoms with van der Waals surface area (Å²) >= 11 is 11.9. The molecule has 2 nitrogen and oxygen atoms in total. The van der Waals surface area contributed by atoms with Crippen LogP contribution in [0.1, 0.15) is 39.5 Å². The summed E-state index contributed by atoms with van der Waals surface area (Å²) in [7, 11) is 0. The molecule has 2 N–H and O–H groups in total. The first-order valence-electron chi connectivity index (χ1n) is 6.93. The fourth-order valence-electron chi connectivity index (χ4n) is 3.00. The van der Waals surface area contributed by atoms with Gasteiger partial charge in [-0.05, 0) is 36.8 Å². The van der Waals surface area contributed by atoms with E-state index in [1.807, 2.05) is 0 Å². The van der Waals surface area contributed by atoms with Crippen molar-refractivity contribution in [2.24, 2.45) is 11.8 Å². The third kappa shape index (κ3) is 3.49. The van der Waals surface area contributed by atoms with E-state index >= 15 is 0 Å². The van der Waals surface area contributed by atoms with Gasteiger partial charge in [0.05, 0.1) is 10.0 Å². The molecule has 19 heavy (non-hydrogen) atoms. The normalized spacial score (nSPS) is 23.6. The van der Waals surface area contributed by atoms with E-state index < -0.39 is 0 Å². The van der Waals surface area contributed by atoms with Gasteiger partial charge < -0.3 is 10.4 Å². The Balaban J connectivity index is 2.15. The van der Waals surface area contributed by atoms with Crippen molar-refractivity contribution in [3.63, 3.8) is 0 Å². The Morgan fingerprint density at radius 3 is 2.32 bits per heavy atom. The molecule has 1 saturated carbocycles. The van der Waals surface area contributed by atoms with Crippen LogP contribution in [0.3, 0.4) is 0 Å². The summed E-state index contributed by atoms with van der Waals surface area (Å²) in [6.07, 6.45) is 5.03. The Hall–Kier alpha value is -0.600. The Morgan fingerprint density at radius 1 is 1.16 bits per heavy atom. The Morgan fingerprint density at radius 2 is 1.74 bits per heavy atom. The number of hydrogen-bond donors (Lipinski definition) is 2. The van der Waals surface area contributed by atoms with Crippen LogP contribution in [-0.4, -0.2) is 11.1 Å². The molecule has 0 heterocycles. The molecule has 2 atom stereocenters. The van der Waals surface area contributed by atoms with Crippen molar-refractivity contribution in [2.75, 3.05) is 5.32 Å². The molecule has 0 aliphatic heterocycles. The zero-order valence-corrected chi connectivity index (χ0v) is 12.9. The van der Waals surface area contributed by atoms with Crippen molar-refractivity contribution in [1.29, 1.82) is 0 Å². The number of phenolic OH excluding ortho intramolecular Hbond substituents is 1. The van der Waals surface area contributed by atoms with Gasteiger partial charge in [-0.3, -0.25) is 0 Å². The molecular weight excluding hydrogens is 281 g/mol. The van der Waals surface area contributed by atoms with Crippen molar-refractivity contribution in [3.8, 4) is 5.75 Å². The first-order chi connectivity index (χ1) is 8.99. The Labute approximate surface area is 125 Å². The van der Waals surface area contributed by atoms with Gasteiger partial charge in [-0.1, -0.05) is 49.9 Å². The SMILES string of the molecule is CC(C)C1CCCCC1Nc1cc(Cl)c(O)c(Cl)c1. The fourth-order valence-corrected chi connectivity index (χ4v) is 3.49. The first-order valence-corrected chi connectivity index (χ1v) is 7.69. The predicted molar refractivity (Wildman–Crippen MR) is 82.3 cm³/mol. The van der Waals surface area contributed by atoms with E-state index in [1.165, 1.54) is 25.7 Å². The number of halogens is 2. The maximum atomic E-state index is 9.59. The molecule has 1 aliphatic carbocycles. The van der Waals surface area contributed by atoms with Crippen LogP contribution in [0.4, 0.5) is 5.69 Å². The van der Waals surface area contributed by atoms with Crippen molar-refractivity contribution in [2.45, 2.75) is 45.6 Å². The number of aromatic hydroxyl groups is 1. The summed E-state index contributed by atoms with van der Waals surface area (Å²) in [4.78, 5) is 0. The predicted octanol–water partition coefficient (Wildman–Crippen LogP) is 5.33. The van der Waals surface area contributed by atoms with E-state index in [0.29, 0.717) is 27.9 Å². The van der Waals surface area contributed by atoms with Crippen molar-refractivity contribution in [3.05, 3.63) is 22.2 Å². The lowest BCUT2D eigenvalue weighted by Gasteiger charge is -2.35. The molecule has 0 spiro atoms. The Kier molecular flexibility index (Phi) is 4.86. The number of phenols is 1. The molecule has 4 heteroatoms. The standard InChI is InChI=1S/C15H21Cl2NO/c1-9(2)11-5-3-4-6-14(11)18-10-7-12(16)15(19)13(17)8-10/h7-9,11,14,18-19H,3-6H2,1-2H3. The minimum Gasteiger partial charge on any atom is -0.505 e. The summed E-state index contributed by atoms with van der Waals surface area (Å²) in [5, 5.41) is 13.7.